The summed E-state index contributed by atoms with van der Waals surface area (Å²) in [5.41, 5.74) is 0. The van der Waals surface area contributed by atoms with Crippen LogP contribution in [0.1, 0.15) is 19.8 Å². The normalized spacial score (nSPS) is 21.5. The first-order valence-corrected chi connectivity index (χ1v) is 4.89. The van der Waals surface area contributed by atoms with Gasteiger partial charge in [0.1, 0.15) is 0 Å². The molecule has 0 bridgehead atoms. The summed E-state index contributed by atoms with van der Waals surface area (Å²) in [5.74, 6) is 0. The third kappa shape index (κ3) is 3.52. The largest absolute Gasteiger partial charge is 0.395 e. The van der Waals surface area contributed by atoms with Gasteiger partial charge in [0.2, 0.25) is 0 Å². The zero-order valence-electron chi connectivity index (χ0n) is 7.92. The summed E-state index contributed by atoms with van der Waals surface area (Å²) < 4.78 is 0. The van der Waals surface area contributed by atoms with E-state index in [9.17, 15) is 0 Å². The predicted molar refractivity (Wildman–Crippen MR) is 50.2 cm³/mol. The molecule has 3 nitrogen and oxygen atoms in total. The lowest BCUT2D eigenvalue weighted by Gasteiger charge is -2.20. The summed E-state index contributed by atoms with van der Waals surface area (Å²) in [6.45, 7) is 6.77. The Kier molecular flexibility index (Phi) is 4.58. The second-order valence-electron chi connectivity index (χ2n) is 3.59. The fourth-order valence-corrected chi connectivity index (χ4v) is 1.73. The highest BCUT2D eigenvalue weighted by Crippen LogP contribution is 2.07. The molecule has 0 aliphatic carbocycles. The van der Waals surface area contributed by atoms with Gasteiger partial charge in [-0.1, -0.05) is 0 Å². The van der Waals surface area contributed by atoms with E-state index in [1.165, 1.54) is 25.9 Å². The zero-order chi connectivity index (χ0) is 8.81. The lowest BCUT2D eigenvalue weighted by Crippen LogP contribution is -2.39. The van der Waals surface area contributed by atoms with E-state index >= 15 is 0 Å². The Balaban J connectivity index is 2.03. The number of likely N-dealkylation sites (tertiary alicyclic amines) is 1. The molecule has 1 rings (SSSR count). The molecule has 1 aliphatic rings. The quantitative estimate of drug-likeness (QED) is 0.615. The number of nitrogens with zero attached hydrogens (tertiary/aromatic N) is 1. The van der Waals surface area contributed by atoms with Crippen molar-refractivity contribution >= 4 is 0 Å². The topological polar surface area (TPSA) is 35.5 Å². The van der Waals surface area contributed by atoms with Crippen molar-refractivity contribution < 1.29 is 5.11 Å². The molecule has 1 aliphatic heterocycles. The molecular formula is C9H20N2O. The molecule has 1 fully saturated rings. The monoisotopic (exact) mass is 172 g/mol. The van der Waals surface area contributed by atoms with Crippen LogP contribution >= 0.6 is 0 Å². The molecule has 3 heteroatoms. The molecule has 1 saturated heterocycles. The average Bonchev–Trinajstić information content (AvgIpc) is 2.53. The van der Waals surface area contributed by atoms with E-state index in [1.807, 2.05) is 0 Å². The number of hydrogen-bond acceptors (Lipinski definition) is 3. The van der Waals surface area contributed by atoms with Crippen LogP contribution in [0.3, 0.4) is 0 Å². The van der Waals surface area contributed by atoms with E-state index < -0.39 is 0 Å². The molecule has 0 aromatic carbocycles. The second kappa shape index (κ2) is 5.51. The summed E-state index contributed by atoms with van der Waals surface area (Å²) in [4.78, 5) is 2.48. The maximum Gasteiger partial charge on any atom is 0.0556 e. The van der Waals surface area contributed by atoms with Gasteiger partial charge >= 0.3 is 0 Å². The molecule has 0 amide bonds. The number of rotatable bonds is 5. The Hall–Kier alpha value is -0.120. The molecule has 0 radical (unpaired) electrons. The summed E-state index contributed by atoms with van der Waals surface area (Å²) in [7, 11) is 0. The van der Waals surface area contributed by atoms with Gasteiger partial charge in [-0.25, -0.2) is 0 Å². The number of aliphatic hydroxyl groups is 1. The van der Waals surface area contributed by atoms with Crippen molar-refractivity contribution in [2.45, 2.75) is 25.8 Å². The van der Waals surface area contributed by atoms with Gasteiger partial charge in [-0.3, -0.25) is 0 Å². The molecule has 0 saturated carbocycles. The van der Waals surface area contributed by atoms with E-state index in [0.29, 0.717) is 6.04 Å². The molecule has 2 N–H and O–H groups in total. The average molecular weight is 172 g/mol. The smallest absolute Gasteiger partial charge is 0.0556 e. The Labute approximate surface area is 74.8 Å². The first-order valence-electron chi connectivity index (χ1n) is 4.89. The Morgan fingerprint density at radius 3 is 2.67 bits per heavy atom. The number of aliphatic hydroxyl groups excluding tert-OH is 1. The third-order valence-corrected chi connectivity index (χ3v) is 2.34. The van der Waals surface area contributed by atoms with E-state index in [4.69, 9.17) is 5.11 Å². The van der Waals surface area contributed by atoms with Gasteiger partial charge in [0.05, 0.1) is 6.61 Å². The van der Waals surface area contributed by atoms with Crippen LogP contribution in [0.25, 0.3) is 0 Å². The summed E-state index contributed by atoms with van der Waals surface area (Å²) >= 11 is 0. The molecule has 72 valence electrons. The van der Waals surface area contributed by atoms with Gasteiger partial charge in [-0.05, 0) is 32.9 Å². The molecule has 12 heavy (non-hydrogen) atoms. The maximum atomic E-state index is 8.60. The standard InChI is InChI=1S/C9H20N2O/c1-9(10-4-7-12)8-11-5-2-3-6-11/h9-10,12H,2-8H2,1H3. The van der Waals surface area contributed by atoms with Gasteiger partial charge in [0.25, 0.3) is 0 Å². The van der Waals surface area contributed by atoms with Crippen molar-refractivity contribution in [2.75, 3.05) is 32.8 Å². The van der Waals surface area contributed by atoms with Crippen LogP contribution in [0, 0.1) is 0 Å². The van der Waals surface area contributed by atoms with E-state index in [1.54, 1.807) is 0 Å². The molecule has 0 aromatic rings. The summed E-state index contributed by atoms with van der Waals surface area (Å²) in [5, 5.41) is 11.9. The van der Waals surface area contributed by atoms with Crippen LogP contribution < -0.4 is 5.32 Å². The fraction of sp³-hybridized carbons (Fsp3) is 1.00. The van der Waals surface area contributed by atoms with Crippen LogP contribution in [0.2, 0.25) is 0 Å². The van der Waals surface area contributed by atoms with Crippen LogP contribution in [0.4, 0.5) is 0 Å². The van der Waals surface area contributed by atoms with E-state index in [2.05, 4.69) is 17.1 Å². The Bertz CT molecular complexity index is 113. The summed E-state index contributed by atoms with van der Waals surface area (Å²) in [6.07, 6.45) is 2.71. The molecule has 0 aromatic heterocycles. The van der Waals surface area contributed by atoms with Crippen LogP contribution in [-0.4, -0.2) is 48.8 Å². The first-order chi connectivity index (χ1) is 5.83. The van der Waals surface area contributed by atoms with Gasteiger partial charge < -0.3 is 15.3 Å². The first kappa shape index (κ1) is 9.96. The minimum absolute atomic E-state index is 0.240. The van der Waals surface area contributed by atoms with Gasteiger partial charge in [0, 0.05) is 19.1 Å². The predicted octanol–water partition coefficient (Wildman–Crippen LogP) is 0.0526. The summed E-state index contributed by atoms with van der Waals surface area (Å²) in [6, 6.07) is 0.509. The lowest BCUT2D eigenvalue weighted by molar-refractivity contribution is 0.262. The van der Waals surface area contributed by atoms with Crippen molar-refractivity contribution in [1.29, 1.82) is 0 Å². The van der Waals surface area contributed by atoms with Crippen molar-refractivity contribution in [3.63, 3.8) is 0 Å². The third-order valence-electron chi connectivity index (χ3n) is 2.34. The molecule has 0 spiro atoms. The SMILES string of the molecule is CC(CN1CCCC1)NCCO. The van der Waals surface area contributed by atoms with Crippen LogP contribution in [0.15, 0.2) is 0 Å². The maximum absolute atomic E-state index is 8.60. The van der Waals surface area contributed by atoms with Gasteiger partial charge in [-0.15, -0.1) is 0 Å². The minimum Gasteiger partial charge on any atom is -0.395 e. The zero-order valence-corrected chi connectivity index (χ0v) is 7.92. The highest BCUT2D eigenvalue weighted by molar-refractivity contribution is 4.71. The van der Waals surface area contributed by atoms with Crippen LogP contribution in [0.5, 0.6) is 0 Å². The second-order valence-corrected chi connectivity index (χ2v) is 3.59. The van der Waals surface area contributed by atoms with Gasteiger partial charge in [-0.2, -0.15) is 0 Å². The molecule has 1 atom stereocenters. The van der Waals surface area contributed by atoms with Crippen LogP contribution in [-0.2, 0) is 0 Å². The Morgan fingerprint density at radius 1 is 1.42 bits per heavy atom. The van der Waals surface area contributed by atoms with Gasteiger partial charge in [0.15, 0.2) is 0 Å². The highest BCUT2D eigenvalue weighted by atomic mass is 16.3. The minimum atomic E-state index is 0.240. The van der Waals surface area contributed by atoms with Crippen molar-refractivity contribution in [1.82, 2.24) is 10.2 Å². The van der Waals surface area contributed by atoms with Crippen molar-refractivity contribution in [3.8, 4) is 0 Å². The number of nitrogens with one attached hydrogen (secondary N) is 1. The fourth-order valence-electron chi connectivity index (χ4n) is 1.73. The van der Waals surface area contributed by atoms with Crippen molar-refractivity contribution in [3.05, 3.63) is 0 Å². The van der Waals surface area contributed by atoms with E-state index in [-0.39, 0.29) is 6.61 Å². The highest BCUT2D eigenvalue weighted by Gasteiger charge is 2.13. The molecule has 1 heterocycles. The number of hydrogen-bond donors (Lipinski definition) is 2. The van der Waals surface area contributed by atoms with Crippen molar-refractivity contribution in [2.24, 2.45) is 0 Å². The Morgan fingerprint density at radius 2 is 2.08 bits per heavy atom. The molecule has 1 unspecified atom stereocenters. The lowest BCUT2D eigenvalue weighted by atomic mass is 10.3. The molecular weight excluding hydrogens is 152 g/mol. The van der Waals surface area contributed by atoms with E-state index in [0.717, 1.165) is 13.1 Å².